The van der Waals surface area contributed by atoms with Gasteiger partial charge < -0.3 is 7.43 Å². The van der Waals surface area contributed by atoms with Crippen LogP contribution < -0.4 is 0 Å². The first-order valence-corrected chi connectivity index (χ1v) is 3.42. The van der Waals surface area contributed by atoms with Crippen molar-refractivity contribution in [2.45, 2.75) is 19.8 Å². The van der Waals surface area contributed by atoms with Crippen molar-refractivity contribution in [3.8, 4) is 0 Å². The van der Waals surface area contributed by atoms with Crippen LogP contribution >= 0.6 is 0 Å². The van der Waals surface area contributed by atoms with E-state index in [-0.39, 0.29) is 40.1 Å². The maximum atomic E-state index is 3.13. The second-order valence-corrected chi connectivity index (χ2v) is 2.51. The Kier molecular flexibility index (Phi) is 4.50. The van der Waals surface area contributed by atoms with Crippen LogP contribution in [0.4, 0.5) is 0 Å². The normalized spacial score (nSPS) is 10.6. The third kappa shape index (κ3) is 2.13. The van der Waals surface area contributed by atoms with Gasteiger partial charge in [0.15, 0.2) is 0 Å². The summed E-state index contributed by atoms with van der Waals surface area (Å²) in [6.07, 6.45) is 2.40. The average Bonchev–Trinajstić information content (AvgIpc) is 2.64. The molecule has 0 bridgehead atoms. The molecular formula is C10H12Y-2. The third-order valence-corrected chi connectivity index (χ3v) is 1.91. The van der Waals surface area contributed by atoms with E-state index in [9.17, 15) is 0 Å². The molecule has 1 aromatic carbocycles. The second-order valence-electron chi connectivity index (χ2n) is 2.51. The molecule has 0 aromatic heterocycles. The van der Waals surface area contributed by atoms with Gasteiger partial charge in [0.2, 0.25) is 0 Å². The topological polar surface area (TPSA) is 0 Å². The molecule has 1 aliphatic carbocycles. The fourth-order valence-corrected chi connectivity index (χ4v) is 1.25. The van der Waals surface area contributed by atoms with E-state index in [0.29, 0.717) is 0 Å². The van der Waals surface area contributed by atoms with Crippen LogP contribution in [0.2, 0.25) is 0 Å². The molecule has 1 heteroatoms. The van der Waals surface area contributed by atoms with Crippen LogP contribution in [0.25, 0.3) is 0 Å². The molecule has 0 saturated heterocycles. The molecule has 1 aromatic rings. The van der Waals surface area contributed by atoms with E-state index in [4.69, 9.17) is 0 Å². The number of aryl methyl sites for hydroxylation is 1. The van der Waals surface area contributed by atoms with Gasteiger partial charge in [-0.2, -0.15) is 34.9 Å². The van der Waals surface area contributed by atoms with Crippen molar-refractivity contribution in [3.63, 3.8) is 0 Å². The molecule has 1 aliphatic rings. The van der Waals surface area contributed by atoms with E-state index in [0.717, 1.165) is 0 Å². The maximum absolute atomic E-state index is 3.13. The number of benzene rings is 1. The minimum absolute atomic E-state index is 0. The SMILES string of the molecule is CCc1c[c-]cc2c1C2.[CH3-].[Y]. The Morgan fingerprint density at radius 1 is 1.45 bits per heavy atom. The molecular weight excluding hydrogens is 209 g/mol. The van der Waals surface area contributed by atoms with Crippen molar-refractivity contribution >= 4 is 0 Å². The summed E-state index contributed by atoms with van der Waals surface area (Å²) in [5.74, 6) is 0. The Morgan fingerprint density at radius 3 is 2.73 bits per heavy atom. The minimum atomic E-state index is 0. The molecule has 0 fully saturated rings. The van der Waals surface area contributed by atoms with Crippen LogP contribution in [0.15, 0.2) is 12.1 Å². The molecule has 0 atom stereocenters. The van der Waals surface area contributed by atoms with Crippen LogP contribution in [0.5, 0.6) is 0 Å². The summed E-state index contributed by atoms with van der Waals surface area (Å²) in [5.41, 5.74) is 4.58. The third-order valence-electron chi connectivity index (χ3n) is 1.91. The monoisotopic (exact) mass is 221 g/mol. The van der Waals surface area contributed by atoms with E-state index in [1.165, 1.54) is 24.0 Å². The number of hydrogen-bond donors (Lipinski definition) is 0. The van der Waals surface area contributed by atoms with Gasteiger partial charge in [-0.3, -0.25) is 0 Å². The number of rotatable bonds is 1. The van der Waals surface area contributed by atoms with E-state index in [1.807, 2.05) is 0 Å². The van der Waals surface area contributed by atoms with E-state index in [2.05, 4.69) is 25.1 Å². The molecule has 0 unspecified atom stereocenters. The molecule has 0 saturated carbocycles. The van der Waals surface area contributed by atoms with Crippen LogP contribution in [0, 0.1) is 13.5 Å². The Morgan fingerprint density at radius 2 is 2.18 bits per heavy atom. The van der Waals surface area contributed by atoms with Gasteiger partial charge in [-0.05, 0) is 0 Å². The Labute approximate surface area is 94.3 Å². The zero-order valence-corrected chi connectivity index (χ0v) is 9.98. The minimum Gasteiger partial charge on any atom is -0.358 e. The molecule has 1 radical (unpaired) electrons. The fraction of sp³-hybridized carbons (Fsp3) is 0.300. The van der Waals surface area contributed by atoms with Gasteiger partial charge in [0, 0.05) is 32.7 Å². The predicted molar refractivity (Wildman–Crippen MR) is 43.9 cm³/mol. The van der Waals surface area contributed by atoms with Gasteiger partial charge in [0.1, 0.15) is 0 Å². The Balaban J connectivity index is 0.000000500. The zero-order chi connectivity index (χ0) is 6.27. The first-order chi connectivity index (χ1) is 4.42. The largest absolute Gasteiger partial charge is 0.358 e. The maximum Gasteiger partial charge on any atom is 0 e. The summed E-state index contributed by atoms with van der Waals surface area (Å²) in [6.45, 7) is 2.20. The van der Waals surface area contributed by atoms with E-state index in [1.54, 1.807) is 5.56 Å². The summed E-state index contributed by atoms with van der Waals surface area (Å²) in [5, 5.41) is 0. The van der Waals surface area contributed by atoms with Crippen molar-refractivity contribution in [1.29, 1.82) is 0 Å². The molecule has 11 heavy (non-hydrogen) atoms. The van der Waals surface area contributed by atoms with Crippen LogP contribution in [-0.4, -0.2) is 0 Å². The first-order valence-electron chi connectivity index (χ1n) is 3.42. The molecule has 0 nitrogen and oxygen atoms in total. The predicted octanol–water partition coefficient (Wildman–Crippen LogP) is 2.40. The second kappa shape index (κ2) is 4.37. The Bertz CT molecular complexity index is 241. The molecule has 0 aliphatic heterocycles. The van der Waals surface area contributed by atoms with E-state index >= 15 is 0 Å². The van der Waals surface area contributed by atoms with Crippen molar-refractivity contribution in [1.82, 2.24) is 0 Å². The summed E-state index contributed by atoms with van der Waals surface area (Å²) in [6, 6.07) is 7.33. The molecule has 0 spiro atoms. The molecule has 0 N–H and O–H groups in total. The van der Waals surface area contributed by atoms with Gasteiger partial charge in [-0.1, -0.05) is 19.8 Å². The van der Waals surface area contributed by atoms with Crippen molar-refractivity contribution < 1.29 is 32.7 Å². The summed E-state index contributed by atoms with van der Waals surface area (Å²) in [4.78, 5) is 0. The number of hydrogen-bond acceptors (Lipinski definition) is 0. The van der Waals surface area contributed by atoms with Crippen molar-refractivity contribution in [2.75, 3.05) is 0 Å². The first kappa shape index (κ1) is 11.3. The fourth-order valence-electron chi connectivity index (χ4n) is 1.25. The van der Waals surface area contributed by atoms with Crippen molar-refractivity contribution in [2.24, 2.45) is 0 Å². The smallest absolute Gasteiger partial charge is 0 e. The Hall–Kier alpha value is 0.324. The standard InChI is InChI=1S/C9H9.CH3.Y/c1-2-7-4-3-5-8-6-9(7)8;;/h4-5H,2,6H2,1H3;1H3;/q2*-1;. The molecule has 0 amide bonds. The average molecular weight is 221 g/mol. The summed E-state index contributed by atoms with van der Waals surface area (Å²) >= 11 is 0. The van der Waals surface area contributed by atoms with Crippen LogP contribution in [0.1, 0.15) is 23.6 Å². The molecule has 57 valence electrons. The zero-order valence-electron chi connectivity index (χ0n) is 7.15. The van der Waals surface area contributed by atoms with Gasteiger partial charge >= 0.3 is 0 Å². The van der Waals surface area contributed by atoms with Crippen LogP contribution in [0.3, 0.4) is 0 Å². The summed E-state index contributed by atoms with van der Waals surface area (Å²) < 4.78 is 0. The van der Waals surface area contributed by atoms with E-state index < -0.39 is 0 Å². The van der Waals surface area contributed by atoms with Gasteiger partial charge in [-0.25, -0.2) is 0 Å². The summed E-state index contributed by atoms with van der Waals surface area (Å²) in [7, 11) is 0. The quantitative estimate of drug-likeness (QED) is 0.648. The van der Waals surface area contributed by atoms with Crippen LogP contribution in [-0.2, 0) is 45.6 Å². The van der Waals surface area contributed by atoms with Crippen molar-refractivity contribution in [3.05, 3.63) is 42.3 Å². The molecule has 2 rings (SSSR count). The van der Waals surface area contributed by atoms with Gasteiger partial charge in [-0.15, -0.1) is 0 Å². The number of fused-ring (bicyclic) bond motifs is 1. The van der Waals surface area contributed by atoms with Gasteiger partial charge in [0.05, 0.1) is 0 Å². The molecule has 0 heterocycles. The van der Waals surface area contributed by atoms with Gasteiger partial charge in [0.25, 0.3) is 0 Å².